The highest BCUT2D eigenvalue weighted by Crippen LogP contribution is 2.26. The number of benzene rings is 1. The van der Waals surface area contributed by atoms with Gasteiger partial charge in [0.1, 0.15) is 0 Å². The number of hydrogen-bond acceptors (Lipinski definition) is 7. The maximum absolute atomic E-state index is 5.40. The maximum Gasteiger partial charge on any atom is 0.237 e. The number of nitrogens with zero attached hydrogens (tertiary/aromatic N) is 6. The Hall–Kier alpha value is -3.00. The molecule has 0 spiro atoms. The van der Waals surface area contributed by atoms with Crippen LogP contribution in [0.25, 0.3) is 22.8 Å². The van der Waals surface area contributed by atoms with E-state index in [-0.39, 0.29) is 0 Å². The number of rotatable bonds is 6. The monoisotopic (exact) mass is 392 g/mol. The number of pyridine rings is 1. The molecule has 0 saturated carbocycles. The Kier molecular flexibility index (Phi) is 5.21. The summed E-state index contributed by atoms with van der Waals surface area (Å²) >= 11 is 1.50. The van der Waals surface area contributed by atoms with Crippen LogP contribution in [0.2, 0.25) is 0 Å². The molecular weight excluding hydrogens is 372 g/mol. The smallest absolute Gasteiger partial charge is 0.237 e. The third-order valence-electron chi connectivity index (χ3n) is 4.38. The number of aromatic nitrogens is 6. The molecule has 0 radical (unpaired) electrons. The highest BCUT2D eigenvalue weighted by Gasteiger charge is 2.14. The Morgan fingerprint density at radius 3 is 2.61 bits per heavy atom. The van der Waals surface area contributed by atoms with Gasteiger partial charge in [-0.15, -0.1) is 10.2 Å². The third-order valence-corrected chi connectivity index (χ3v) is 5.39. The van der Waals surface area contributed by atoms with Gasteiger partial charge < -0.3 is 9.09 Å². The van der Waals surface area contributed by atoms with Crippen molar-refractivity contribution < 1.29 is 4.52 Å². The zero-order valence-corrected chi connectivity index (χ0v) is 16.7. The summed E-state index contributed by atoms with van der Waals surface area (Å²) in [6.45, 7) is 4.34. The van der Waals surface area contributed by atoms with Gasteiger partial charge in [-0.3, -0.25) is 4.98 Å². The normalized spacial score (nSPS) is 11.3. The van der Waals surface area contributed by atoms with Crippen LogP contribution < -0.4 is 0 Å². The van der Waals surface area contributed by atoms with E-state index in [9.17, 15) is 0 Å². The first-order chi connectivity index (χ1) is 13.6. The molecular formula is C20H20N6OS. The summed E-state index contributed by atoms with van der Waals surface area (Å²) in [6, 6.07) is 12.1. The summed E-state index contributed by atoms with van der Waals surface area (Å²) in [5.74, 6) is 2.94. The lowest BCUT2D eigenvalue weighted by molar-refractivity contribution is 0.391. The van der Waals surface area contributed by atoms with Crippen LogP contribution in [0.4, 0.5) is 0 Å². The summed E-state index contributed by atoms with van der Waals surface area (Å²) in [5.41, 5.74) is 3.16. The van der Waals surface area contributed by atoms with Gasteiger partial charge in [0.25, 0.3) is 0 Å². The van der Waals surface area contributed by atoms with E-state index < -0.39 is 0 Å². The highest BCUT2D eigenvalue weighted by molar-refractivity contribution is 7.98. The molecule has 0 aliphatic carbocycles. The van der Waals surface area contributed by atoms with Gasteiger partial charge >= 0.3 is 0 Å². The zero-order chi connectivity index (χ0) is 19.5. The molecule has 0 saturated heterocycles. The second kappa shape index (κ2) is 7.93. The predicted molar refractivity (Wildman–Crippen MR) is 108 cm³/mol. The van der Waals surface area contributed by atoms with E-state index in [0.29, 0.717) is 23.4 Å². The Labute approximate surface area is 167 Å². The average molecular weight is 392 g/mol. The molecule has 0 atom stereocenters. The fourth-order valence-electron chi connectivity index (χ4n) is 2.76. The molecule has 4 aromatic rings. The van der Waals surface area contributed by atoms with Gasteiger partial charge in [0.05, 0.1) is 5.75 Å². The van der Waals surface area contributed by atoms with Crippen molar-refractivity contribution in [2.75, 3.05) is 0 Å². The Balaban J connectivity index is 1.45. The summed E-state index contributed by atoms with van der Waals surface area (Å²) in [4.78, 5) is 8.63. The molecule has 3 heterocycles. The van der Waals surface area contributed by atoms with Gasteiger partial charge in [-0.05, 0) is 23.6 Å². The SMILES string of the molecule is CC(C)c1ccc(-c2noc(CSc3nnc(-c4cccnc4)n3C)n2)cc1. The average Bonchev–Trinajstić information content (AvgIpc) is 3.34. The summed E-state index contributed by atoms with van der Waals surface area (Å²) < 4.78 is 7.33. The quantitative estimate of drug-likeness (QED) is 0.451. The van der Waals surface area contributed by atoms with Gasteiger partial charge in [0.15, 0.2) is 11.0 Å². The van der Waals surface area contributed by atoms with Crippen LogP contribution in [0, 0.1) is 0 Å². The van der Waals surface area contributed by atoms with Crippen molar-refractivity contribution in [3.05, 3.63) is 60.2 Å². The molecule has 4 rings (SSSR count). The summed E-state index contributed by atoms with van der Waals surface area (Å²) in [5, 5.41) is 13.4. The molecule has 0 bridgehead atoms. The minimum absolute atomic E-state index is 0.495. The first-order valence-corrected chi connectivity index (χ1v) is 9.96. The number of thioether (sulfide) groups is 1. The number of hydrogen-bond donors (Lipinski definition) is 0. The van der Waals surface area contributed by atoms with Gasteiger partial charge in [-0.1, -0.05) is 55.0 Å². The van der Waals surface area contributed by atoms with E-state index in [2.05, 4.69) is 51.3 Å². The van der Waals surface area contributed by atoms with Crippen LogP contribution >= 0.6 is 11.8 Å². The van der Waals surface area contributed by atoms with Crippen molar-refractivity contribution in [2.45, 2.75) is 30.7 Å². The van der Waals surface area contributed by atoms with Crippen LogP contribution in [0.5, 0.6) is 0 Å². The van der Waals surface area contributed by atoms with Gasteiger partial charge in [0.2, 0.25) is 11.7 Å². The van der Waals surface area contributed by atoms with Crippen molar-refractivity contribution in [1.82, 2.24) is 29.9 Å². The molecule has 0 aliphatic rings. The predicted octanol–water partition coefficient (Wildman–Crippen LogP) is 4.34. The Bertz CT molecular complexity index is 1060. The van der Waals surface area contributed by atoms with E-state index in [4.69, 9.17) is 4.52 Å². The zero-order valence-electron chi connectivity index (χ0n) is 15.9. The van der Waals surface area contributed by atoms with Crippen molar-refractivity contribution in [3.63, 3.8) is 0 Å². The minimum Gasteiger partial charge on any atom is -0.338 e. The molecule has 0 fully saturated rings. The van der Waals surface area contributed by atoms with Crippen molar-refractivity contribution in [2.24, 2.45) is 7.05 Å². The fourth-order valence-corrected chi connectivity index (χ4v) is 3.51. The lowest BCUT2D eigenvalue weighted by Gasteiger charge is -2.04. The molecule has 28 heavy (non-hydrogen) atoms. The van der Waals surface area contributed by atoms with Crippen molar-refractivity contribution >= 4 is 11.8 Å². The lowest BCUT2D eigenvalue weighted by atomic mass is 10.0. The molecule has 8 heteroatoms. The van der Waals surface area contributed by atoms with E-state index >= 15 is 0 Å². The topological polar surface area (TPSA) is 82.5 Å². The van der Waals surface area contributed by atoms with Crippen LogP contribution in [-0.4, -0.2) is 29.9 Å². The molecule has 7 nitrogen and oxygen atoms in total. The second-order valence-electron chi connectivity index (χ2n) is 6.68. The standard InChI is InChI=1S/C20H20N6OS/c1-13(2)14-6-8-15(9-7-14)18-22-17(27-25-18)12-28-20-24-23-19(26(20)3)16-5-4-10-21-11-16/h4-11,13H,12H2,1-3H3. The van der Waals surface area contributed by atoms with Gasteiger partial charge in [-0.2, -0.15) is 4.98 Å². The van der Waals surface area contributed by atoms with E-state index in [1.54, 1.807) is 12.4 Å². The van der Waals surface area contributed by atoms with Crippen LogP contribution in [0.3, 0.4) is 0 Å². The first-order valence-electron chi connectivity index (χ1n) is 8.97. The Morgan fingerprint density at radius 2 is 1.89 bits per heavy atom. The highest BCUT2D eigenvalue weighted by atomic mass is 32.2. The Morgan fingerprint density at radius 1 is 1.07 bits per heavy atom. The van der Waals surface area contributed by atoms with Gasteiger partial charge in [0, 0.05) is 30.6 Å². The maximum atomic E-state index is 5.40. The lowest BCUT2D eigenvalue weighted by Crippen LogP contribution is -1.95. The van der Waals surface area contributed by atoms with Crippen LogP contribution in [-0.2, 0) is 12.8 Å². The summed E-state index contributed by atoms with van der Waals surface area (Å²) in [6.07, 6.45) is 3.51. The molecule has 0 amide bonds. The van der Waals surface area contributed by atoms with Crippen LogP contribution in [0.1, 0.15) is 31.2 Å². The molecule has 142 valence electrons. The van der Waals surface area contributed by atoms with Crippen LogP contribution in [0.15, 0.2) is 58.5 Å². The first kappa shape index (κ1) is 18.4. The molecule has 0 unspecified atom stereocenters. The molecule has 0 aliphatic heterocycles. The fraction of sp³-hybridized carbons (Fsp3) is 0.250. The summed E-state index contributed by atoms with van der Waals surface area (Å²) in [7, 11) is 1.93. The largest absolute Gasteiger partial charge is 0.338 e. The van der Waals surface area contributed by atoms with E-state index in [1.165, 1.54) is 17.3 Å². The molecule has 1 aromatic carbocycles. The van der Waals surface area contributed by atoms with Gasteiger partial charge in [-0.25, -0.2) is 0 Å². The minimum atomic E-state index is 0.495. The van der Waals surface area contributed by atoms with E-state index in [1.807, 2.05) is 35.9 Å². The van der Waals surface area contributed by atoms with Crippen molar-refractivity contribution in [3.8, 4) is 22.8 Å². The van der Waals surface area contributed by atoms with Crippen molar-refractivity contribution in [1.29, 1.82) is 0 Å². The molecule has 3 aromatic heterocycles. The molecule has 0 N–H and O–H groups in total. The third kappa shape index (κ3) is 3.82. The van der Waals surface area contributed by atoms with E-state index in [0.717, 1.165) is 22.1 Å². The second-order valence-corrected chi connectivity index (χ2v) is 7.63.